The van der Waals surface area contributed by atoms with Crippen LogP contribution in [0.5, 0.6) is 17.2 Å². The van der Waals surface area contributed by atoms with Crippen LogP contribution in [0.1, 0.15) is 17.3 Å². The van der Waals surface area contributed by atoms with Crippen LogP contribution in [0.25, 0.3) is 0 Å². The lowest BCUT2D eigenvalue weighted by molar-refractivity contribution is 0.0940. The summed E-state index contributed by atoms with van der Waals surface area (Å²) in [5.41, 5.74) is 0.410. The molecule has 1 amide bonds. The molecule has 0 radical (unpaired) electrons. The van der Waals surface area contributed by atoms with Crippen molar-refractivity contribution in [3.05, 3.63) is 17.7 Å². The second-order valence-corrected chi connectivity index (χ2v) is 4.56. The van der Waals surface area contributed by atoms with E-state index in [-0.39, 0.29) is 11.9 Å². The number of benzene rings is 1. The summed E-state index contributed by atoms with van der Waals surface area (Å²) in [6.07, 6.45) is 0. The molecule has 1 unspecified atom stereocenters. The first-order valence-corrected chi connectivity index (χ1v) is 6.86. The fraction of sp³-hybridized carbons (Fsp3) is 0.462. The number of rotatable bonds is 6. The first-order valence-electron chi connectivity index (χ1n) is 5.74. The largest absolute Gasteiger partial charge is 0.493 e. The fourth-order valence-electron chi connectivity index (χ4n) is 1.62. The topological polar surface area (TPSA) is 56.8 Å². The van der Waals surface area contributed by atoms with Crippen molar-refractivity contribution in [1.82, 2.24) is 5.32 Å². The van der Waals surface area contributed by atoms with Crippen LogP contribution in [-0.4, -0.2) is 38.6 Å². The molecule has 0 aliphatic carbocycles. The summed E-state index contributed by atoms with van der Waals surface area (Å²) in [5.74, 6) is 1.07. The molecule has 0 bridgehead atoms. The van der Waals surface area contributed by atoms with Crippen LogP contribution < -0.4 is 19.5 Å². The number of amides is 1. The Labute approximate surface area is 121 Å². The average Bonchev–Trinajstić information content (AvgIpc) is 2.44. The predicted octanol–water partition coefficient (Wildman–Crippen LogP) is 2.23. The van der Waals surface area contributed by atoms with E-state index in [0.29, 0.717) is 28.1 Å². The molecule has 1 aromatic carbocycles. The lowest BCUT2D eigenvalue weighted by Crippen LogP contribution is -2.33. The Morgan fingerprint density at radius 1 is 1.21 bits per heavy atom. The first-order chi connectivity index (χ1) is 9.08. The van der Waals surface area contributed by atoms with Crippen molar-refractivity contribution in [2.45, 2.75) is 13.0 Å². The summed E-state index contributed by atoms with van der Waals surface area (Å²) < 4.78 is 15.7. The summed E-state index contributed by atoms with van der Waals surface area (Å²) in [5, 5.41) is 3.52. The standard InChI is InChI=1S/C13H18BrNO4/c1-8(7-14)15-13(16)9-5-6-10(17-2)12(19-4)11(9)18-3/h5-6,8H,7H2,1-4H3,(H,15,16). The summed E-state index contributed by atoms with van der Waals surface area (Å²) in [6, 6.07) is 3.34. The van der Waals surface area contributed by atoms with Gasteiger partial charge in [0.05, 0.1) is 26.9 Å². The van der Waals surface area contributed by atoms with E-state index in [2.05, 4.69) is 21.2 Å². The number of ether oxygens (including phenoxy) is 3. The zero-order chi connectivity index (χ0) is 14.4. The van der Waals surface area contributed by atoms with Crippen LogP contribution in [0.4, 0.5) is 0 Å². The molecule has 0 aliphatic rings. The maximum absolute atomic E-state index is 12.2. The van der Waals surface area contributed by atoms with Crippen LogP contribution in [0.15, 0.2) is 12.1 Å². The van der Waals surface area contributed by atoms with Gasteiger partial charge in [0, 0.05) is 11.4 Å². The minimum atomic E-state index is -0.218. The van der Waals surface area contributed by atoms with Crippen molar-refractivity contribution in [3.8, 4) is 17.2 Å². The second kappa shape index (κ2) is 7.23. The molecule has 6 heteroatoms. The van der Waals surface area contributed by atoms with Crippen molar-refractivity contribution in [2.24, 2.45) is 0 Å². The quantitative estimate of drug-likeness (QED) is 0.812. The molecule has 0 spiro atoms. The molecule has 106 valence electrons. The molecule has 0 heterocycles. The monoisotopic (exact) mass is 331 g/mol. The van der Waals surface area contributed by atoms with Gasteiger partial charge >= 0.3 is 0 Å². The average molecular weight is 332 g/mol. The third-order valence-corrected chi connectivity index (χ3v) is 3.53. The molecule has 1 N–H and O–H groups in total. The Morgan fingerprint density at radius 2 is 1.84 bits per heavy atom. The number of carbonyl (C=O) groups is 1. The molecule has 0 saturated carbocycles. The van der Waals surface area contributed by atoms with Crippen LogP contribution in [0.3, 0.4) is 0 Å². The number of nitrogens with one attached hydrogen (secondary N) is 1. The highest BCUT2D eigenvalue weighted by atomic mass is 79.9. The van der Waals surface area contributed by atoms with E-state index in [1.165, 1.54) is 21.3 Å². The van der Waals surface area contributed by atoms with Crippen molar-refractivity contribution in [3.63, 3.8) is 0 Å². The van der Waals surface area contributed by atoms with Gasteiger partial charge in [0.25, 0.3) is 5.91 Å². The third kappa shape index (κ3) is 3.53. The Morgan fingerprint density at radius 3 is 2.32 bits per heavy atom. The Balaban J connectivity index is 3.17. The molecule has 1 aromatic rings. The van der Waals surface area contributed by atoms with Gasteiger partial charge in [-0.3, -0.25) is 4.79 Å². The normalized spacial score (nSPS) is 11.6. The molecule has 0 aromatic heterocycles. The van der Waals surface area contributed by atoms with Crippen LogP contribution in [-0.2, 0) is 0 Å². The summed E-state index contributed by atoms with van der Waals surface area (Å²) in [6.45, 7) is 1.90. The molecule has 1 rings (SSSR count). The summed E-state index contributed by atoms with van der Waals surface area (Å²) in [4.78, 5) is 12.2. The highest BCUT2D eigenvalue weighted by Gasteiger charge is 2.21. The molecule has 0 fully saturated rings. The first kappa shape index (κ1) is 15.6. The van der Waals surface area contributed by atoms with Crippen LogP contribution in [0.2, 0.25) is 0 Å². The van der Waals surface area contributed by atoms with E-state index < -0.39 is 0 Å². The van der Waals surface area contributed by atoms with Gasteiger partial charge in [-0.2, -0.15) is 0 Å². The summed E-state index contributed by atoms with van der Waals surface area (Å²) >= 11 is 3.31. The minimum absolute atomic E-state index is 0.0188. The Kier molecular flexibility index (Phi) is 5.95. The highest BCUT2D eigenvalue weighted by molar-refractivity contribution is 9.09. The van der Waals surface area contributed by atoms with E-state index in [1.807, 2.05) is 6.92 Å². The molecular weight excluding hydrogens is 314 g/mol. The molecule has 5 nitrogen and oxygen atoms in total. The van der Waals surface area contributed by atoms with E-state index >= 15 is 0 Å². The molecule has 0 aliphatic heterocycles. The number of hydrogen-bond acceptors (Lipinski definition) is 4. The minimum Gasteiger partial charge on any atom is -0.493 e. The van der Waals surface area contributed by atoms with Crippen molar-refractivity contribution >= 4 is 21.8 Å². The maximum Gasteiger partial charge on any atom is 0.255 e. The van der Waals surface area contributed by atoms with E-state index in [9.17, 15) is 4.79 Å². The van der Waals surface area contributed by atoms with Crippen LogP contribution in [0, 0.1) is 0 Å². The highest BCUT2D eigenvalue weighted by Crippen LogP contribution is 2.39. The predicted molar refractivity (Wildman–Crippen MR) is 76.8 cm³/mol. The third-order valence-electron chi connectivity index (χ3n) is 2.56. The van der Waals surface area contributed by atoms with Crippen molar-refractivity contribution in [1.29, 1.82) is 0 Å². The van der Waals surface area contributed by atoms with Crippen molar-refractivity contribution < 1.29 is 19.0 Å². The van der Waals surface area contributed by atoms with Crippen LogP contribution >= 0.6 is 15.9 Å². The Hall–Kier alpha value is -1.43. The van der Waals surface area contributed by atoms with Gasteiger partial charge in [0.2, 0.25) is 5.75 Å². The maximum atomic E-state index is 12.2. The number of methoxy groups -OCH3 is 3. The van der Waals surface area contributed by atoms with Gasteiger partial charge in [-0.25, -0.2) is 0 Å². The number of alkyl halides is 1. The molecule has 19 heavy (non-hydrogen) atoms. The lowest BCUT2D eigenvalue weighted by atomic mass is 10.1. The Bertz CT molecular complexity index is 451. The van der Waals surface area contributed by atoms with Gasteiger partial charge in [0.15, 0.2) is 11.5 Å². The molecule has 1 atom stereocenters. The fourth-order valence-corrected chi connectivity index (χ4v) is 1.78. The van der Waals surface area contributed by atoms with Crippen molar-refractivity contribution in [2.75, 3.05) is 26.7 Å². The molecule has 0 saturated heterocycles. The van der Waals surface area contributed by atoms with Gasteiger partial charge < -0.3 is 19.5 Å². The number of halogens is 1. The van der Waals surface area contributed by atoms with E-state index in [0.717, 1.165) is 0 Å². The summed E-state index contributed by atoms with van der Waals surface area (Å²) in [7, 11) is 4.52. The van der Waals surface area contributed by atoms with Gasteiger partial charge in [-0.1, -0.05) is 15.9 Å². The number of hydrogen-bond donors (Lipinski definition) is 1. The van der Waals surface area contributed by atoms with E-state index in [1.54, 1.807) is 12.1 Å². The second-order valence-electron chi connectivity index (χ2n) is 3.91. The number of carbonyl (C=O) groups excluding carboxylic acids is 1. The van der Waals surface area contributed by atoms with Gasteiger partial charge in [-0.05, 0) is 19.1 Å². The van der Waals surface area contributed by atoms with Gasteiger partial charge in [-0.15, -0.1) is 0 Å². The molecular formula is C13H18BrNO4. The lowest BCUT2D eigenvalue weighted by Gasteiger charge is -2.17. The SMILES string of the molecule is COc1ccc(C(=O)NC(C)CBr)c(OC)c1OC. The zero-order valence-electron chi connectivity index (χ0n) is 11.5. The van der Waals surface area contributed by atoms with E-state index in [4.69, 9.17) is 14.2 Å². The zero-order valence-corrected chi connectivity index (χ0v) is 13.0. The van der Waals surface area contributed by atoms with Gasteiger partial charge in [0.1, 0.15) is 0 Å². The smallest absolute Gasteiger partial charge is 0.255 e.